The minimum Gasteiger partial charge on any atom is -0.508 e. The molecule has 26 heavy (non-hydrogen) atoms. The molecule has 0 aliphatic rings. The number of methoxy groups -OCH3 is 1. The maximum atomic E-state index is 13.8. The van der Waals surface area contributed by atoms with Gasteiger partial charge in [-0.25, -0.2) is 4.39 Å². The smallest absolute Gasteiger partial charge is 0.165 e. The van der Waals surface area contributed by atoms with Gasteiger partial charge < -0.3 is 14.4 Å². The zero-order valence-corrected chi connectivity index (χ0v) is 15.1. The molecule has 136 valence electrons. The summed E-state index contributed by atoms with van der Waals surface area (Å²) in [5, 5.41) is 10.6. The first-order valence-corrected chi connectivity index (χ1v) is 8.57. The van der Waals surface area contributed by atoms with Crippen LogP contribution in [-0.2, 0) is 11.3 Å². The van der Waals surface area contributed by atoms with Gasteiger partial charge in [-0.3, -0.25) is 4.79 Å². The van der Waals surface area contributed by atoms with Crippen LogP contribution in [0.1, 0.15) is 20.3 Å². The van der Waals surface area contributed by atoms with Crippen LogP contribution in [0.4, 0.5) is 4.39 Å². The van der Waals surface area contributed by atoms with Crippen molar-refractivity contribution in [3.8, 4) is 22.8 Å². The second-order valence-corrected chi connectivity index (χ2v) is 6.84. The predicted octanol–water partition coefficient (Wildman–Crippen LogP) is 4.78. The van der Waals surface area contributed by atoms with Crippen LogP contribution >= 0.6 is 0 Å². The van der Waals surface area contributed by atoms with E-state index in [2.05, 4.69) is 0 Å². The van der Waals surface area contributed by atoms with Crippen LogP contribution in [0.3, 0.4) is 0 Å². The summed E-state index contributed by atoms with van der Waals surface area (Å²) in [6.45, 7) is 4.24. The molecule has 5 heteroatoms. The van der Waals surface area contributed by atoms with E-state index in [0.717, 1.165) is 22.2 Å². The Morgan fingerprint density at radius 2 is 1.96 bits per heavy atom. The number of rotatable bonds is 6. The summed E-state index contributed by atoms with van der Waals surface area (Å²) < 4.78 is 20.8. The molecule has 0 saturated heterocycles. The molecule has 3 aromatic rings. The molecule has 0 amide bonds. The molecule has 0 unspecified atom stereocenters. The van der Waals surface area contributed by atoms with Gasteiger partial charge in [0.05, 0.1) is 13.7 Å². The van der Waals surface area contributed by atoms with Gasteiger partial charge in [-0.15, -0.1) is 0 Å². The quantitative estimate of drug-likeness (QED) is 0.692. The molecule has 0 atom stereocenters. The highest BCUT2D eigenvalue weighted by Gasteiger charge is 2.16. The zero-order chi connectivity index (χ0) is 18.8. The van der Waals surface area contributed by atoms with Crippen molar-refractivity contribution in [2.24, 2.45) is 5.92 Å². The predicted molar refractivity (Wildman–Crippen MR) is 100 cm³/mol. The number of hydrogen-bond acceptors (Lipinski definition) is 3. The molecule has 0 aliphatic carbocycles. The van der Waals surface area contributed by atoms with Gasteiger partial charge in [0.25, 0.3) is 0 Å². The minimum absolute atomic E-state index is 0.126. The van der Waals surface area contributed by atoms with Gasteiger partial charge in [0.2, 0.25) is 0 Å². The van der Waals surface area contributed by atoms with E-state index in [4.69, 9.17) is 4.74 Å². The van der Waals surface area contributed by atoms with Gasteiger partial charge in [-0.2, -0.15) is 0 Å². The number of phenols is 1. The Balaban J connectivity index is 2.14. The van der Waals surface area contributed by atoms with E-state index in [9.17, 15) is 14.3 Å². The number of benzene rings is 2. The van der Waals surface area contributed by atoms with Crippen molar-refractivity contribution in [2.75, 3.05) is 7.11 Å². The number of carbonyl (C=O) groups excluding carboxylic acids is 1. The lowest BCUT2D eigenvalue weighted by molar-refractivity contribution is -0.120. The summed E-state index contributed by atoms with van der Waals surface area (Å²) in [7, 11) is 1.42. The SMILES string of the molecule is COc1cc(-c2cc3cc(O)ccc3n2CC(=O)CC(C)C)ccc1F. The Kier molecular flexibility index (Phi) is 4.98. The standard InChI is InChI=1S/C21H22FNO3/c1-13(2)8-17(25)12-23-19-7-5-16(24)9-15(19)10-20(23)14-4-6-18(22)21(11-14)26-3/h4-7,9-11,13,24H,8,12H2,1-3H3. The Morgan fingerprint density at radius 1 is 1.19 bits per heavy atom. The van der Waals surface area contributed by atoms with E-state index in [0.29, 0.717) is 6.42 Å². The fourth-order valence-corrected chi connectivity index (χ4v) is 3.18. The number of fused-ring (bicyclic) bond motifs is 1. The van der Waals surface area contributed by atoms with Gasteiger partial charge >= 0.3 is 0 Å². The lowest BCUT2D eigenvalue weighted by Gasteiger charge is -2.12. The number of halogens is 1. The van der Waals surface area contributed by atoms with Crippen molar-refractivity contribution < 1.29 is 19.0 Å². The van der Waals surface area contributed by atoms with Crippen LogP contribution in [0, 0.1) is 11.7 Å². The Labute approximate surface area is 151 Å². The normalized spacial score (nSPS) is 11.3. The third-order valence-corrected chi connectivity index (χ3v) is 4.30. The first-order chi connectivity index (χ1) is 12.4. The Hall–Kier alpha value is -2.82. The van der Waals surface area contributed by atoms with Crippen LogP contribution < -0.4 is 4.74 Å². The molecule has 0 saturated carbocycles. The van der Waals surface area contributed by atoms with Gasteiger partial charge in [0.15, 0.2) is 17.3 Å². The molecule has 3 rings (SSSR count). The van der Waals surface area contributed by atoms with Crippen molar-refractivity contribution in [2.45, 2.75) is 26.8 Å². The second-order valence-electron chi connectivity index (χ2n) is 6.84. The summed E-state index contributed by atoms with van der Waals surface area (Å²) >= 11 is 0. The highest BCUT2D eigenvalue weighted by atomic mass is 19.1. The van der Waals surface area contributed by atoms with E-state index in [1.807, 2.05) is 24.5 Å². The van der Waals surface area contributed by atoms with Gasteiger partial charge in [0, 0.05) is 28.6 Å². The minimum atomic E-state index is -0.438. The summed E-state index contributed by atoms with van der Waals surface area (Å²) in [5.41, 5.74) is 2.37. The molecule has 0 aliphatic heterocycles. The molecule has 0 spiro atoms. The van der Waals surface area contributed by atoms with Gasteiger partial charge in [-0.05, 0) is 48.4 Å². The van der Waals surface area contributed by atoms with E-state index >= 15 is 0 Å². The maximum absolute atomic E-state index is 13.8. The number of aromatic hydroxyl groups is 1. The van der Waals surface area contributed by atoms with Gasteiger partial charge in [-0.1, -0.05) is 13.8 Å². The third-order valence-electron chi connectivity index (χ3n) is 4.30. The van der Waals surface area contributed by atoms with E-state index in [1.165, 1.54) is 13.2 Å². The average molecular weight is 355 g/mol. The molecule has 4 nitrogen and oxygen atoms in total. The number of aromatic nitrogens is 1. The fourth-order valence-electron chi connectivity index (χ4n) is 3.18. The summed E-state index contributed by atoms with van der Waals surface area (Å²) in [4.78, 5) is 12.4. The number of Topliss-reactive ketones (excluding diaryl/α,β-unsaturated/α-hetero) is 1. The van der Waals surface area contributed by atoms with Crippen molar-refractivity contribution >= 4 is 16.7 Å². The Morgan fingerprint density at radius 3 is 2.65 bits per heavy atom. The molecule has 1 N–H and O–H groups in total. The zero-order valence-electron chi connectivity index (χ0n) is 15.1. The number of carbonyl (C=O) groups is 1. The fraction of sp³-hybridized carbons (Fsp3) is 0.286. The molecular formula is C21H22FNO3. The molecule has 0 bridgehead atoms. The molecule has 1 aromatic heterocycles. The molecule has 0 radical (unpaired) electrons. The van der Waals surface area contributed by atoms with Crippen LogP contribution in [0.25, 0.3) is 22.2 Å². The molecule has 1 heterocycles. The number of ether oxygens (including phenoxy) is 1. The topological polar surface area (TPSA) is 51.5 Å². The highest BCUT2D eigenvalue weighted by molar-refractivity contribution is 5.90. The van der Waals surface area contributed by atoms with E-state index < -0.39 is 5.82 Å². The number of phenolic OH excluding ortho intramolecular Hbond substituents is 1. The molecular weight excluding hydrogens is 333 g/mol. The molecule has 0 fully saturated rings. The lowest BCUT2D eigenvalue weighted by atomic mass is 10.1. The van der Waals surface area contributed by atoms with Crippen LogP contribution in [0.15, 0.2) is 42.5 Å². The van der Waals surface area contributed by atoms with E-state index in [1.54, 1.807) is 30.3 Å². The largest absolute Gasteiger partial charge is 0.508 e. The summed E-state index contributed by atoms with van der Waals surface area (Å²) in [6, 6.07) is 11.6. The van der Waals surface area contributed by atoms with Crippen molar-refractivity contribution in [3.63, 3.8) is 0 Å². The highest BCUT2D eigenvalue weighted by Crippen LogP contribution is 2.33. The number of hydrogen-bond donors (Lipinski definition) is 1. The second kappa shape index (κ2) is 7.20. The van der Waals surface area contributed by atoms with Crippen LogP contribution in [-0.4, -0.2) is 22.6 Å². The van der Waals surface area contributed by atoms with Crippen LogP contribution in [0.2, 0.25) is 0 Å². The maximum Gasteiger partial charge on any atom is 0.165 e. The number of ketones is 1. The van der Waals surface area contributed by atoms with Gasteiger partial charge in [0.1, 0.15) is 5.75 Å². The van der Waals surface area contributed by atoms with Crippen molar-refractivity contribution in [3.05, 3.63) is 48.3 Å². The molecule has 2 aromatic carbocycles. The van der Waals surface area contributed by atoms with Crippen molar-refractivity contribution in [1.29, 1.82) is 0 Å². The first-order valence-electron chi connectivity index (χ1n) is 8.57. The average Bonchev–Trinajstić information content (AvgIpc) is 2.92. The third kappa shape index (κ3) is 3.57. The van der Waals surface area contributed by atoms with E-state index in [-0.39, 0.29) is 29.7 Å². The first kappa shape index (κ1) is 18.0. The number of nitrogens with zero attached hydrogens (tertiary/aromatic N) is 1. The summed E-state index contributed by atoms with van der Waals surface area (Å²) in [6.07, 6.45) is 0.490. The summed E-state index contributed by atoms with van der Waals surface area (Å²) in [5.74, 6) is 0.276. The monoisotopic (exact) mass is 355 g/mol. The lowest BCUT2D eigenvalue weighted by Crippen LogP contribution is -2.13. The van der Waals surface area contributed by atoms with Crippen LogP contribution in [0.5, 0.6) is 11.5 Å². The Bertz CT molecular complexity index is 959. The van der Waals surface area contributed by atoms with Crippen molar-refractivity contribution in [1.82, 2.24) is 4.57 Å².